The van der Waals surface area contributed by atoms with Crippen LogP contribution in [0.15, 0.2) is 127 Å². The van der Waals surface area contributed by atoms with Gasteiger partial charge in [-0.1, -0.05) is 109 Å². The Bertz CT molecular complexity index is 2790. The van der Waals surface area contributed by atoms with Gasteiger partial charge < -0.3 is 0 Å². The highest BCUT2D eigenvalue weighted by atomic mass is 32.1. The smallest absolute Gasteiger partial charge is 0.0355 e. The summed E-state index contributed by atoms with van der Waals surface area (Å²) in [6, 6.07) is 44.0. The van der Waals surface area contributed by atoms with Gasteiger partial charge in [0.25, 0.3) is 0 Å². The van der Waals surface area contributed by atoms with Crippen molar-refractivity contribution in [2.75, 3.05) is 0 Å². The first-order valence-electron chi connectivity index (χ1n) is 15.9. The first kappa shape index (κ1) is 24.1. The molecule has 208 valence electrons. The van der Waals surface area contributed by atoms with Crippen molar-refractivity contribution < 1.29 is 0 Å². The monoisotopic (exact) mass is 586 g/mol. The lowest BCUT2D eigenvalue weighted by Crippen LogP contribution is -2.03. The molecule has 0 N–H and O–H groups in total. The van der Waals surface area contributed by atoms with Crippen molar-refractivity contribution in [1.82, 2.24) is 0 Å². The zero-order valence-corrected chi connectivity index (χ0v) is 25.3. The molecule has 0 spiro atoms. The van der Waals surface area contributed by atoms with E-state index in [-0.39, 0.29) is 0 Å². The highest BCUT2D eigenvalue weighted by molar-refractivity contribution is 7.25. The molecule has 0 bridgehead atoms. The Balaban J connectivity index is 1.12. The lowest BCUT2D eigenvalue weighted by Gasteiger charge is -2.24. The summed E-state index contributed by atoms with van der Waals surface area (Å²) in [5, 5.41) is 13.5. The van der Waals surface area contributed by atoms with Crippen LogP contribution in [0.4, 0.5) is 0 Å². The topological polar surface area (TPSA) is 0 Å². The Morgan fingerprint density at radius 1 is 0.489 bits per heavy atom. The van der Waals surface area contributed by atoms with Crippen molar-refractivity contribution >= 4 is 86.2 Å². The van der Waals surface area contributed by atoms with Gasteiger partial charge in [-0.15, -0.1) is 11.3 Å². The van der Waals surface area contributed by atoms with Crippen LogP contribution in [-0.4, -0.2) is 0 Å². The van der Waals surface area contributed by atoms with Gasteiger partial charge in [-0.25, -0.2) is 0 Å². The highest BCUT2D eigenvalue weighted by Crippen LogP contribution is 2.45. The first-order chi connectivity index (χ1) is 22.3. The van der Waals surface area contributed by atoms with Crippen molar-refractivity contribution in [1.29, 1.82) is 0 Å². The number of rotatable bonds is 2. The van der Waals surface area contributed by atoms with Gasteiger partial charge in [-0.2, -0.15) is 0 Å². The van der Waals surface area contributed by atoms with Gasteiger partial charge in [-0.05, 0) is 125 Å². The molecule has 0 atom stereocenters. The van der Waals surface area contributed by atoms with Crippen LogP contribution >= 0.6 is 11.3 Å². The third-order valence-electron chi connectivity index (χ3n) is 10.4. The third-order valence-corrected chi connectivity index (χ3v) is 11.6. The van der Waals surface area contributed by atoms with E-state index in [2.05, 4.69) is 133 Å². The summed E-state index contributed by atoms with van der Waals surface area (Å²) in [6.07, 6.45) is 9.11. The van der Waals surface area contributed by atoms with Crippen molar-refractivity contribution in [3.8, 4) is 22.3 Å². The molecule has 0 nitrogen and oxygen atoms in total. The Morgan fingerprint density at radius 2 is 1.13 bits per heavy atom. The molecule has 0 saturated heterocycles. The van der Waals surface area contributed by atoms with E-state index in [1.165, 1.54) is 108 Å². The summed E-state index contributed by atoms with van der Waals surface area (Å²) in [6.45, 7) is 0. The largest absolute Gasteiger partial charge is 0.135 e. The summed E-state index contributed by atoms with van der Waals surface area (Å²) in [5.41, 5.74) is 11.0. The molecule has 2 aliphatic carbocycles. The lowest BCUT2D eigenvalue weighted by molar-refractivity contribution is 1.23. The SMILES string of the molecule is C1=Cc2ccc3c(-c4ccc5sc6ccc(-c7ccc8ccc9cccc%10ccc7c8c9%10)cc6c5c4)ccc4c3c2C(=CC4)C1. The molecule has 0 fully saturated rings. The van der Waals surface area contributed by atoms with E-state index < -0.39 is 0 Å². The number of thiophene rings is 1. The molecule has 8 aromatic carbocycles. The molecule has 1 aromatic heterocycles. The second kappa shape index (κ2) is 8.69. The van der Waals surface area contributed by atoms with Crippen LogP contribution in [0.3, 0.4) is 0 Å². The van der Waals surface area contributed by atoms with E-state index >= 15 is 0 Å². The zero-order valence-electron chi connectivity index (χ0n) is 24.5. The van der Waals surface area contributed by atoms with Gasteiger partial charge in [-0.3, -0.25) is 0 Å². The van der Waals surface area contributed by atoms with Crippen LogP contribution in [-0.2, 0) is 6.42 Å². The highest BCUT2D eigenvalue weighted by Gasteiger charge is 2.21. The van der Waals surface area contributed by atoms with Crippen molar-refractivity contribution in [2.24, 2.45) is 0 Å². The Morgan fingerprint density at radius 3 is 1.91 bits per heavy atom. The summed E-state index contributed by atoms with van der Waals surface area (Å²) < 4.78 is 2.69. The van der Waals surface area contributed by atoms with Gasteiger partial charge in [0.1, 0.15) is 0 Å². The number of fused-ring (bicyclic) bond motifs is 3. The normalized spacial score (nSPS) is 14.1. The molecule has 0 radical (unpaired) electrons. The van der Waals surface area contributed by atoms with Gasteiger partial charge >= 0.3 is 0 Å². The van der Waals surface area contributed by atoms with Crippen LogP contribution in [0.1, 0.15) is 23.1 Å². The molecule has 1 heterocycles. The van der Waals surface area contributed by atoms with Gasteiger partial charge in [0, 0.05) is 20.2 Å². The number of hydrogen-bond donors (Lipinski definition) is 0. The van der Waals surface area contributed by atoms with Crippen molar-refractivity contribution in [3.05, 3.63) is 144 Å². The van der Waals surface area contributed by atoms with E-state index in [1.807, 2.05) is 11.3 Å². The molecule has 0 saturated carbocycles. The van der Waals surface area contributed by atoms with Crippen LogP contribution in [0, 0.1) is 0 Å². The molecular formula is C44H26S. The van der Waals surface area contributed by atoms with Crippen molar-refractivity contribution in [3.63, 3.8) is 0 Å². The van der Waals surface area contributed by atoms with Gasteiger partial charge in [0.05, 0.1) is 0 Å². The standard InChI is InChI=1S/C44H26S/c1-3-25-7-9-29-11-17-33(35-19-13-27(5-1)41(25)43(29)35)31-15-21-39-37(23-31)38-24-32(16-22-40(38)45-39)34-18-12-30-10-8-26-4-2-6-28-14-20-36(34)44(30)42(26)28/h1-3,5-9,11-24H,4,10H2. The van der Waals surface area contributed by atoms with Crippen LogP contribution in [0.5, 0.6) is 0 Å². The minimum absolute atomic E-state index is 1.02. The third kappa shape index (κ3) is 3.26. The van der Waals surface area contributed by atoms with Gasteiger partial charge in [0.15, 0.2) is 0 Å². The maximum absolute atomic E-state index is 2.44. The molecule has 1 heteroatoms. The second-order valence-corrected chi connectivity index (χ2v) is 13.8. The Labute approximate surface area is 264 Å². The lowest BCUT2D eigenvalue weighted by atomic mass is 9.80. The minimum Gasteiger partial charge on any atom is -0.135 e. The van der Waals surface area contributed by atoms with E-state index in [0.717, 1.165) is 12.8 Å². The van der Waals surface area contributed by atoms with E-state index in [9.17, 15) is 0 Å². The molecule has 11 rings (SSSR count). The molecule has 45 heavy (non-hydrogen) atoms. The summed E-state index contributed by atoms with van der Waals surface area (Å²) in [5.74, 6) is 0. The van der Waals surface area contributed by atoms with Crippen LogP contribution in [0.2, 0.25) is 0 Å². The quantitative estimate of drug-likeness (QED) is 0.177. The van der Waals surface area contributed by atoms with Gasteiger partial charge in [0.2, 0.25) is 0 Å². The Hall–Kier alpha value is -5.24. The van der Waals surface area contributed by atoms with E-state index in [1.54, 1.807) is 0 Å². The minimum atomic E-state index is 1.02. The average molecular weight is 587 g/mol. The fourth-order valence-electron chi connectivity index (χ4n) is 8.37. The summed E-state index contributed by atoms with van der Waals surface area (Å²) >= 11 is 1.90. The maximum Gasteiger partial charge on any atom is 0.0355 e. The molecule has 9 aromatic rings. The maximum atomic E-state index is 2.44. The molecular weight excluding hydrogens is 561 g/mol. The first-order valence-corrected chi connectivity index (χ1v) is 16.7. The molecule has 0 unspecified atom stereocenters. The van der Waals surface area contributed by atoms with Crippen LogP contribution in [0.25, 0.3) is 97.2 Å². The number of allylic oxidation sites excluding steroid dienone is 3. The fraction of sp³-hybridized carbons (Fsp3) is 0.0455. The molecule has 0 aliphatic heterocycles. The predicted molar refractivity (Wildman–Crippen MR) is 197 cm³/mol. The number of hydrogen-bond acceptors (Lipinski definition) is 1. The van der Waals surface area contributed by atoms with Crippen LogP contribution < -0.4 is 0 Å². The number of benzene rings is 8. The molecule has 0 amide bonds. The van der Waals surface area contributed by atoms with Crippen molar-refractivity contribution in [2.45, 2.75) is 12.8 Å². The molecule has 2 aliphatic rings. The summed E-state index contributed by atoms with van der Waals surface area (Å²) in [4.78, 5) is 0. The zero-order chi connectivity index (χ0) is 29.2. The van der Waals surface area contributed by atoms with E-state index in [0.29, 0.717) is 0 Å². The van der Waals surface area contributed by atoms with E-state index in [4.69, 9.17) is 0 Å². The summed E-state index contributed by atoms with van der Waals surface area (Å²) in [7, 11) is 0. The average Bonchev–Trinajstić information content (AvgIpc) is 3.46. The second-order valence-electron chi connectivity index (χ2n) is 12.8. The predicted octanol–water partition coefficient (Wildman–Crippen LogP) is 12.8. The Kier molecular flexibility index (Phi) is 4.66. The fourth-order valence-corrected chi connectivity index (χ4v) is 9.44.